The third-order valence-electron chi connectivity index (χ3n) is 4.15. The first-order chi connectivity index (χ1) is 8.78. The van der Waals surface area contributed by atoms with E-state index in [9.17, 15) is 4.79 Å². The minimum absolute atomic E-state index is 0.00227. The molecule has 18 heavy (non-hydrogen) atoms. The molecule has 0 aromatic carbocycles. The highest BCUT2D eigenvalue weighted by Gasteiger charge is 2.37. The Morgan fingerprint density at radius 2 is 2.22 bits per heavy atom. The number of piperidine rings is 1. The van der Waals surface area contributed by atoms with Crippen molar-refractivity contribution in [2.24, 2.45) is 0 Å². The highest BCUT2D eigenvalue weighted by Crippen LogP contribution is 2.30. The Labute approximate surface area is 107 Å². The summed E-state index contributed by atoms with van der Waals surface area (Å²) in [5.41, 5.74) is 0.419. The highest BCUT2D eigenvalue weighted by molar-refractivity contribution is 5.92. The Hall–Kier alpha value is -1.36. The summed E-state index contributed by atoms with van der Waals surface area (Å²) in [5, 5.41) is 7.35. The fourth-order valence-corrected chi connectivity index (χ4v) is 3.32. The first-order valence-corrected chi connectivity index (χ1v) is 6.75. The van der Waals surface area contributed by atoms with Gasteiger partial charge in [-0.2, -0.15) is 0 Å². The van der Waals surface area contributed by atoms with Gasteiger partial charge in [-0.05, 0) is 32.6 Å². The zero-order valence-electron chi connectivity index (χ0n) is 10.6. The van der Waals surface area contributed by atoms with Gasteiger partial charge in [0.25, 0.3) is 5.91 Å². The van der Waals surface area contributed by atoms with Gasteiger partial charge in [0.2, 0.25) is 0 Å². The molecule has 3 heterocycles. The summed E-state index contributed by atoms with van der Waals surface area (Å²) < 4.78 is 4.76. The van der Waals surface area contributed by atoms with Crippen molar-refractivity contribution in [1.29, 1.82) is 0 Å². The second kappa shape index (κ2) is 4.72. The number of carbonyl (C=O) groups is 1. The molecule has 3 rings (SSSR count). The zero-order valence-corrected chi connectivity index (χ0v) is 10.6. The molecule has 1 aromatic rings. The molecular formula is C13H19N3O2. The normalized spacial score (nSPS) is 30.4. The fraction of sp³-hybridized carbons (Fsp3) is 0.692. The van der Waals surface area contributed by atoms with E-state index < -0.39 is 0 Å². The molecule has 0 aliphatic carbocycles. The van der Waals surface area contributed by atoms with Gasteiger partial charge in [0.05, 0.1) is 0 Å². The lowest BCUT2D eigenvalue weighted by Crippen LogP contribution is -2.50. The van der Waals surface area contributed by atoms with Crippen LogP contribution in [0.1, 0.15) is 43.1 Å². The van der Waals surface area contributed by atoms with Crippen molar-refractivity contribution in [3.63, 3.8) is 0 Å². The van der Waals surface area contributed by atoms with E-state index in [0.717, 1.165) is 19.4 Å². The van der Waals surface area contributed by atoms with Gasteiger partial charge >= 0.3 is 0 Å². The second-order valence-electron chi connectivity index (χ2n) is 5.24. The Morgan fingerprint density at radius 1 is 1.50 bits per heavy atom. The average molecular weight is 249 g/mol. The monoisotopic (exact) mass is 249 g/mol. The minimum atomic E-state index is -0.00227. The van der Waals surface area contributed by atoms with Crippen molar-refractivity contribution >= 4 is 5.91 Å². The van der Waals surface area contributed by atoms with Crippen LogP contribution in [0.5, 0.6) is 0 Å². The maximum absolute atomic E-state index is 12.4. The van der Waals surface area contributed by atoms with E-state index in [-0.39, 0.29) is 5.91 Å². The van der Waals surface area contributed by atoms with Crippen molar-refractivity contribution in [3.8, 4) is 0 Å². The molecular weight excluding hydrogens is 230 g/mol. The molecule has 1 amide bonds. The molecule has 2 aliphatic heterocycles. The van der Waals surface area contributed by atoms with Gasteiger partial charge in [-0.25, -0.2) is 0 Å². The number of nitrogens with zero attached hydrogens (tertiary/aromatic N) is 2. The molecule has 2 bridgehead atoms. The van der Waals surface area contributed by atoms with Crippen LogP contribution in [0.3, 0.4) is 0 Å². The van der Waals surface area contributed by atoms with Gasteiger partial charge in [0, 0.05) is 30.7 Å². The molecule has 5 nitrogen and oxygen atoms in total. The fourth-order valence-electron chi connectivity index (χ4n) is 3.32. The van der Waals surface area contributed by atoms with E-state index in [2.05, 4.69) is 10.5 Å². The Kier molecular flexibility index (Phi) is 3.07. The predicted molar refractivity (Wildman–Crippen MR) is 66.2 cm³/mol. The van der Waals surface area contributed by atoms with Crippen molar-refractivity contribution in [3.05, 3.63) is 18.0 Å². The van der Waals surface area contributed by atoms with Crippen LogP contribution >= 0.6 is 0 Å². The number of hydrogen-bond donors (Lipinski definition) is 1. The van der Waals surface area contributed by atoms with Gasteiger partial charge in [-0.3, -0.25) is 4.79 Å². The maximum atomic E-state index is 12.4. The van der Waals surface area contributed by atoms with E-state index >= 15 is 0 Å². The van der Waals surface area contributed by atoms with Crippen LogP contribution in [0, 0.1) is 0 Å². The summed E-state index contributed by atoms with van der Waals surface area (Å²) in [4.78, 5) is 14.3. The molecule has 2 fully saturated rings. The minimum Gasteiger partial charge on any atom is -0.364 e. The first kappa shape index (κ1) is 11.7. The predicted octanol–water partition coefficient (Wildman–Crippen LogP) is 1.42. The van der Waals surface area contributed by atoms with Gasteiger partial charge < -0.3 is 14.7 Å². The van der Waals surface area contributed by atoms with Crippen molar-refractivity contribution < 1.29 is 9.32 Å². The zero-order chi connectivity index (χ0) is 12.5. The molecule has 2 atom stereocenters. The number of hydrogen-bond acceptors (Lipinski definition) is 4. The van der Waals surface area contributed by atoms with Crippen LogP contribution in [-0.2, 0) is 0 Å². The summed E-state index contributed by atoms with van der Waals surface area (Å²) in [6, 6.07) is 3.17. The lowest BCUT2D eigenvalue weighted by atomic mass is 9.98. The largest absolute Gasteiger partial charge is 0.364 e. The summed E-state index contributed by atoms with van der Waals surface area (Å²) in [5.74, 6) is -0.00227. The van der Waals surface area contributed by atoms with Crippen LogP contribution in [-0.4, -0.2) is 40.6 Å². The average Bonchev–Trinajstić information content (AvgIpc) is 3.00. The van der Waals surface area contributed by atoms with Crippen LogP contribution in [0.4, 0.5) is 0 Å². The van der Waals surface area contributed by atoms with Crippen molar-refractivity contribution in [2.75, 3.05) is 6.54 Å². The third-order valence-corrected chi connectivity index (χ3v) is 4.15. The second-order valence-corrected chi connectivity index (χ2v) is 5.24. The number of carbonyl (C=O) groups excluding carboxylic acids is 1. The van der Waals surface area contributed by atoms with Crippen molar-refractivity contribution in [2.45, 2.75) is 50.7 Å². The molecule has 2 unspecified atom stereocenters. The molecule has 2 saturated heterocycles. The SMILES string of the molecule is CCN(C(=O)c1ccon1)C1CC2CCC(C1)N2. The van der Waals surface area contributed by atoms with Crippen LogP contribution in [0.2, 0.25) is 0 Å². The first-order valence-electron chi connectivity index (χ1n) is 6.75. The van der Waals surface area contributed by atoms with Gasteiger partial charge in [-0.15, -0.1) is 0 Å². The summed E-state index contributed by atoms with van der Waals surface area (Å²) in [6.07, 6.45) is 6.07. The topological polar surface area (TPSA) is 58.4 Å². The molecule has 5 heteroatoms. The molecule has 0 spiro atoms. The van der Waals surface area contributed by atoms with Crippen LogP contribution < -0.4 is 5.32 Å². The number of nitrogens with one attached hydrogen (secondary N) is 1. The van der Waals surface area contributed by atoms with Crippen LogP contribution in [0.25, 0.3) is 0 Å². The molecule has 1 aromatic heterocycles. The van der Waals surface area contributed by atoms with Gasteiger partial charge in [-0.1, -0.05) is 5.16 Å². The maximum Gasteiger partial charge on any atom is 0.276 e. The summed E-state index contributed by atoms with van der Waals surface area (Å²) in [7, 11) is 0. The quantitative estimate of drug-likeness (QED) is 0.880. The number of aromatic nitrogens is 1. The molecule has 1 N–H and O–H groups in total. The third kappa shape index (κ3) is 2.03. The van der Waals surface area contributed by atoms with Gasteiger partial charge in [0.15, 0.2) is 5.69 Å². The van der Waals surface area contributed by atoms with E-state index in [0.29, 0.717) is 23.8 Å². The Morgan fingerprint density at radius 3 is 2.78 bits per heavy atom. The summed E-state index contributed by atoms with van der Waals surface area (Å²) >= 11 is 0. The Balaban J connectivity index is 1.74. The number of amides is 1. The van der Waals surface area contributed by atoms with Crippen LogP contribution in [0.15, 0.2) is 16.9 Å². The van der Waals surface area contributed by atoms with E-state index in [4.69, 9.17) is 4.52 Å². The molecule has 0 radical (unpaired) electrons. The highest BCUT2D eigenvalue weighted by atomic mass is 16.5. The smallest absolute Gasteiger partial charge is 0.276 e. The summed E-state index contributed by atoms with van der Waals surface area (Å²) in [6.45, 7) is 2.76. The van der Waals surface area contributed by atoms with Crippen molar-refractivity contribution in [1.82, 2.24) is 15.4 Å². The molecule has 98 valence electrons. The van der Waals surface area contributed by atoms with Gasteiger partial charge in [0.1, 0.15) is 6.26 Å². The molecule has 2 aliphatic rings. The number of rotatable bonds is 3. The lowest BCUT2D eigenvalue weighted by molar-refractivity contribution is 0.0620. The Bertz CT molecular complexity index is 406. The van der Waals surface area contributed by atoms with E-state index in [1.165, 1.54) is 19.1 Å². The number of fused-ring (bicyclic) bond motifs is 2. The standard InChI is InChI=1S/C13H19N3O2/c1-2-16(13(17)12-5-6-18-15-12)11-7-9-3-4-10(8-11)14-9/h5-6,9-11,14H,2-4,7-8H2,1H3. The van der Waals surface area contributed by atoms with E-state index in [1.54, 1.807) is 6.07 Å². The molecule has 0 saturated carbocycles. The lowest BCUT2D eigenvalue weighted by Gasteiger charge is -2.36. The van der Waals surface area contributed by atoms with E-state index in [1.807, 2.05) is 11.8 Å².